The highest BCUT2D eigenvalue weighted by molar-refractivity contribution is 6.62. The summed E-state index contributed by atoms with van der Waals surface area (Å²) < 4.78 is 17.2. The summed E-state index contributed by atoms with van der Waals surface area (Å²) >= 11 is 0. The SMILES string of the molecule is COC(=O)N[C@H](C(=O)N1CCC[C@H]1c1nc(-c2ccc3cc(B4OC(C)(C)C(C)(C)O4)ccc3c2)c[nH]1)C(C)C. The smallest absolute Gasteiger partial charge is 0.453 e. The predicted octanol–water partition coefficient (Wildman–Crippen LogP) is 4.57. The third-order valence-corrected chi connectivity index (χ3v) is 8.53. The summed E-state index contributed by atoms with van der Waals surface area (Å²) in [4.78, 5) is 35.3. The molecule has 2 aliphatic rings. The van der Waals surface area contributed by atoms with Crippen LogP contribution in [-0.4, -0.2) is 64.9 Å². The Hall–Kier alpha value is -3.37. The van der Waals surface area contributed by atoms with Gasteiger partial charge in [-0.1, -0.05) is 44.2 Å². The van der Waals surface area contributed by atoms with E-state index in [1.807, 2.05) is 24.9 Å². The highest BCUT2D eigenvalue weighted by Gasteiger charge is 2.51. The number of fused-ring (bicyclic) bond motifs is 1. The van der Waals surface area contributed by atoms with Gasteiger partial charge in [-0.25, -0.2) is 9.78 Å². The van der Waals surface area contributed by atoms with E-state index in [2.05, 4.69) is 74.4 Å². The first kappa shape index (κ1) is 28.2. The fraction of sp³-hybridized carbons (Fsp3) is 0.500. The molecule has 2 aromatic carbocycles. The van der Waals surface area contributed by atoms with Crippen LogP contribution in [0, 0.1) is 5.92 Å². The number of nitrogens with zero attached hydrogens (tertiary/aromatic N) is 2. The normalized spacial score (nSPS) is 20.8. The van der Waals surface area contributed by atoms with E-state index in [4.69, 9.17) is 19.0 Å². The maximum absolute atomic E-state index is 13.4. The number of likely N-dealkylation sites (tertiary alicyclic amines) is 1. The van der Waals surface area contributed by atoms with Crippen LogP contribution in [0.25, 0.3) is 22.0 Å². The van der Waals surface area contributed by atoms with Crippen molar-refractivity contribution in [3.8, 4) is 11.3 Å². The Morgan fingerprint density at radius 2 is 1.77 bits per heavy atom. The molecule has 0 saturated carbocycles. The van der Waals surface area contributed by atoms with Gasteiger partial charge >= 0.3 is 13.2 Å². The summed E-state index contributed by atoms with van der Waals surface area (Å²) in [6.45, 7) is 12.7. The van der Waals surface area contributed by atoms with E-state index < -0.39 is 19.3 Å². The number of carbonyl (C=O) groups is 2. The molecule has 2 fully saturated rings. The Morgan fingerprint density at radius 3 is 2.45 bits per heavy atom. The molecule has 2 saturated heterocycles. The minimum Gasteiger partial charge on any atom is -0.453 e. The van der Waals surface area contributed by atoms with Crippen LogP contribution in [0.3, 0.4) is 0 Å². The van der Waals surface area contributed by atoms with E-state index >= 15 is 0 Å². The molecular weight excluding hydrogens is 507 g/mol. The zero-order valence-electron chi connectivity index (χ0n) is 24.4. The number of amides is 2. The number of imidazole rings is 1. The summed E-state index contributed by atoms with van der Waals surface area (Å²) in [5, 5.41) is 4.88. The maximum atomic E-state index is 13.4. The van der Waals surface area contributed by atoms with Crippen LogP contribution in [0.4, 0.5) is 4.79 Å². The lowest BCUT2D eigenvalue weighted by atomic mass is 9.78. The van der Waals surface area contributed by atoms with Crippen molar-refractivity contribution in [1.29, 1.82) is 0 Å². The van der Waals surface area contributed by atoms with Gasteiger partial charge in [-0.2, -0.15) is 0 Å². The minimum absolute atomic E-state index is 0.0806. The molecule has 0 unspecified atom stereocenters. The number of H-pyrrole nitrogens is 1. The molecule has 2 amide bonds. The number of aromatic nitrogens is 2. The third-order valence-electron chi connectivity index (χ3n) is 8.53. The Labute approximate surface area is 236 Å². The molecule has 9 nitrogen and oxygen atoms in total. The number of aromatic amines is 1. The Balaban J connectivity index is 1.34. The summed E-state index contributed by atoms with van der Waals surface area (Å²) in [5.74, 6) is 0.546. The van der Waals surface area contributed by atoms with Crippen molar-refractivity contribution < 1.29 is 23.6 Å². The van der Waals surface area contributed by atoms with Crippen molar-refractivity contribution in [2.75, 3.05) is 13.7 Å². The van der Waals surface area contributed by atoms with Crippen LogP contribution in [-0.2, 0) is 18.8 Å². The summed E-state index contributed by atoms with van der Waals surface area (Å²) in [6, 6.07) is 11.7. The topological polar surface area (TPSA) is 106 Å². The van der Waals surface area contributed by atoms with Crippen LogP contribution in [0.2, 0.25) is 0 Å². The molecule has 1 aromatic heterocycles. The summed E-state index contributed by atoms with van der Waals surface area (Å²) in [5.41, 5.74) is 2.02. The fourth-order valence-electron chi connectivity index (χ4n) is 5.40. The molecule has 40 heavy (non-hydrogen) atoms. The van der Waals surface area contributed by atoms with Crippen LogP contribution < -0.4 is 10.8 Å². The standard InChI is InChI=1S/C30H39BN4O5/c1-18(2)25(34-28(37)38-7)27(36)35-14-8-9-24(35)26-32-17-23(33-26)21-11-10-20-16-22(13-12-19(20)15-21)31-39-29(3,4)30(5,6)40-31/h10-13,15-18,24-25H,8-9,14H2,1-7H3,(H,32,33)(H,34,37)/t24-,25-/m0/s1. The van der Waals surface area contributed by atoms with Gasteiger partial charge in [0.15, 0.2) is 0 Å². The molecule has 0 aliphatic carbocycles. The highest BCUT2D eigenvalue weighted by Crippen LogP contribution is 2.37. The van der Waals surface area contributed by atoms with Gasteiger partial charge in [0.2, 0.25) is 5.91 Å². The number of hydrogen-bond acceptors (Lipinski definition) is 6. The molecule has 5 rings (SSSR count). The van der Waals surface area contributed by atoms with Gasteiger partial charge in [-0.05, 0) is 68.8 Å². The second-order valence-corrected chi connectivity index (χ2v) is 12.1. The van der Waals surface area contributed by atoms with Crippen molar-refractivity contribution >= 4 is 35.4 Å². The largest absolute Gasteiger partial charge is 0.494 e. The number of hydrogen-bond donors (Lipinski definition) is 2. The molecule has 0 bridgehead atoms. The molecule has 2 N–H and O–H groups in total. The van der Waals surface area contributed by atoms with Gasteiger partial charge in [0.25, 0.3) is 0 Å². The number of benzene rings is 2. The lowest BCUT2D eigenvalue weighted by molar-refractivity contribution is -0.135. The van der Waals surface area contributed by atoms with Crippen LogP contribution in [0.1, 0.15) is 66.3 Å². The third kappa shape index (κ3) is 5.22. The number of carbonyl (C=O) groups excluding carboxylic acids is 2. The minimum atomic E-state index is -0.662. The monoisotopic (exact) mass is 546 g/mol. The van der Waals surface area contributed by atoms with Crippen molar-refractivity contribution in [3.05, 3.63) is 48.4 Å². The quantitative estimate of drug-likeness (QED) is 0.439. The fourth-order valence-corrected chi connectivity index (χ4v) is 5.40. The molecular formula is C30H39BN4O5. The number of nitrogens with one attached hydrogen (secondary N) is 2. The number of rotatable bonds is 6. The van der Waals surface area contributed by atoms with E-state index in [0.717, 1.165) is 46.2 Å². The van der Waals surface area contributed by atoms with Gasteiger partial charge < -0.3 is 29.2 Å². The van der Waals surface area contributed by atoms with Gasteiger partial charge in [0, 0.05) is 18.3 Å². The van der Waals surface area contributed by atoms with Crippen molar-refractivity contribution in [1.82, 2.24) is 20.2 Å². The molecule has 3 aromatic rings. The van der Waals surface area contributed by atoms with Crippen molar-refractivity contribution in [2.24, 2.45) is 5.92 Å². The number of alkyl carbamates (subject to hydrolysis) is 1. The second-order valence-electron chi connectivity index (χ2n) is 12.1. The molecule has 0 radical (unpaired) electrons. The molecule has 2 atom stereocenters. The predicted molar refractivity (Wildman–Crippen MR) is 155 cm³/mol. The summed E-state index contributed by atoms with van der Waals surface area (Å²) in [7, 11) is 0.893. The first-order chi connectivity index (χ1) is 18.9. The molecule has 212 valence electrons. The molecule has 10 heteroatoms. The second kappa shape index (κ2) is 10.6. The van der Waals surface area contributed by atoms with Gasteiger partial charge in [0.1, 0.15) is 11.9 Å². The van der Waals surface area contributed by atoms with Crippen molar-refractivity contribution in [3.63, 3.8) is 0 Å². The Bertz CT molecular complexity index is 1400. The highest BCUT2D eigenvalue weighted by atomic mass is 16.7. The number of ether oxygens (including phenoxy) is 1. The lowest BCUT2D eigenvalue weighted by Crippen LogP contribution is -2.51. The van der Waals surface area contributed by atoms with E-state index in [0.29, 0.717) is 6.54 Å². The van der Waals surface area contributed by atoms with Gasteiger partial charge in [0.05, 0.1) is 30.0 Å². The molecule has 0 spiro atoms. The van der Waals surface area contributed by atoms with Crippen LogP contribution in [0.15, 0.2) is 42.6 Å². The lowest BCUT2D eigenvalue weighted by Gasteiger charge is -2.32. The van der Waals surface area contributed by atoms with Crippen molar-refractivity contribution in [2.45, 2.75) is 77.7 Å². The summed E-state index contributed by atoms with van der Waals surface area (Å²) in [6.07, 6.45) is 2.96. The van der Waals surface area contributed by atoms with Gasteiger partial charge in [-0.15, -0.1) is 0 Å². The Morgan fingerprint density at radius 1 is 1.10 bits per heavy atom. The van der Waals surface area contributed by atoms with E-state index in [1.54, 1.807) is 0 Å². The molecule has 3 heterocycles. The first-order valence-corrected chi connectivity index (χ1v) is 14.0. The maximum Gasteiger partial charge on any atom is 0.494 e. The average molecular weight is 546 g/mol. The van der Waals surface area contributed by atoms with E-state index in [1.165, 1.54) is 7.11 Å². The van der Waals surface area contributed by atoms with Gasteiger partial charge in [-0.3, -0.25) is 4.79 Å². The first-order valence-electron chi connectivity index (χ1n) is 14.0. The van der Waals surface area contributed by atoms with Crippen LogP contribution in [0.5, 0.6) is 0 Å². The zero-order chi connectivity index (χ0) is 28.8. The van der Waals surface area contributed by atoms with Crippen LogP contribution >= 0.6 is 0 Å². The molecule has 2 aliphatic heterocycles. The zero-order valence-corrected chi connectivity index (χ0v) is 24.4. The average Bonchev–Trinajstić information content (AvgIpc) is 3.63. The Kier molecular flexibility index (Phi) is 7.44. The van der Waals surface area contributed by atoms with E-state index in [9.17, 15) is 9.59 Å². The van der Waals surface area contributed by atoms with E-state index in [-0.39, 0.29) is 29.1 Å². The number of methoxy groups -OCH3 is 1.